The molecule has 0 radical (unpaired) electrons. The Kier molecular flexibility index (Phi) is 11.9. The fraction of sp³-hybridized carbons (Fsp3) is 0.273. The fourth-order valence-corrected chi connectivity index (χ4v) is 2.56. The van der Waals surface area contributed by atoms with Gasteiger partial charge < -0.3 is 10.2 Å². The summed E-state index contributed by atoms with van der Waals surface area (Å²) in [4.78, 5) is 20.1. The molecule has 2 aromatic carbocycles. The maximum Gasteiger partial charge on any atom is 2.00 e. The number of nitrogens with one attached hydrogen (secondary N) is 2. The van der Waals surface area contributed by atoms with Crippen molar-refractivity contribution in [2.45, 2.75) is 39.0 Å². The third-order valence-electron chi connectivity index (χ3n) is 4.11. The van der Waals surface area contributed by atoms with Gasteiger partial charge in [0.05, 0.1) is 12.8 Å². The van der Waals surface area contributed by atoms with E-state index in [0.29, 0.717) is 0 Å². The molecular weight excluding hydrogens is 409 g/mol. The summed E-state index contributed by atoms with van der Waals surface area (Å²) < 4.78 is 0. The van der Waals surface area contributed by atoms with Crippen LogP contribution in [-0.4, -0.2) is 46.7 Å². The molecule has 2 amide bonds. The van der Waals surface area contributed by atoms with E-state index < -0.39 is 0 Å². The average molecular weight is 433 g/mol. The second-order valence-corrected chi connectivity index (χ2v) is 6.60. The Hall–Kier alpha value is -2.91. The first-order chi connectivity index (χ1) is 14.5. The van der Waals surface area contributed by atoms with Crippen molar-refractivity contribution in [2.75, 3.05) is 0 Å². The van der Waals surface area contributed by atoms with Gasteiger partial charge in [-0.15, -0.1) is 0 Å². The second kappa shape index (κ2) is 14.2. The molecule has 4 rings (SSSR count). The molecule has 0 saturated heterocycles. The predicted octanol–water partition coefficient (Wildman–Crippen LogP) is 0.676. The molecule has 0 spiro atoms. The minimum Gasteiger partial charge on any atom is -0.860 e. The predicted molar refractivity (Wildman–Crippen MR) is 117 cm³/mol. The van der Waals surface area contributed by atoms with E-state index in [1.165, 1.54) is 36.0 Å². The van der Waals surface area contributed by atoms with Crippen LogP contribution in [0.5, 0.6) is 0 Å². The van der Waals surface area contributed by atoms with Crippen molar-refractivity contribution in [2.24, 2.45) is 10.2 Å². The number of amides is 2. The third kappa shape index (κ3) is 10.1. The van der Waals surface area contributed by atoms with Crippen molar-refractivity contribution in [3.05, 3.63) is 60.2 Å². The van der Waals surface area contributed by atoms with Crippen molar-refractivity contribution >= 4 is 46.7 Å². The number of benzene rings is 2. The van der Waals surface area contributed by atoms with Crippen LogP contribution in [0, 0.1) is 0 Å². The van der Waals surface area contributed by atoms with E-state index in [-0.39, 0.29) is 59.5 Å². The Morgan fingerprint density at radius 1 is 0.806 bits per heavy atom. The number of unbranched alkanes of at least 4 members (excludes halogenated alkanes) is 1. The molecular formula is C22H24MgN4O4. The molecule has 9 heteroatoms. The molecule has 0 aromatic heterocycles. The summed E-state index contributed by atoms with van der Waals surface area (Å²) in [6.45, 7) is 2.23. The molecule has 0 bridgehead atoms. The van der Waals surface area contributed by atoms with Gasteiger partial charge in [0.25, 0.3) is 0 Å². The van der Waals surface area contributed by atoms with Gasteiger partial charge in [0.15, 0.2) is 0 Å². The molecule has 0 saturated carbocycles. The minimum absolute atomic E-state index is 0. The van der Waals surface area contributed by atoms with E-state index in [1.54, 1.807) is 0 Å². The smallest absolute Gasteiger partial charge is 0.860 e. The van der Waals surface area contributed by atoms with Gasteiger partial charge in [0.1, 0.15) is 0 Å². The van der Waals surface area contributed by atoms with Crippen molar-refractivity contribution < 1.29 is 19.8 Å². The number of nitrogens with zero attached hydrogens (tertiary/aromatic N) is 2. The number of hydrogen-bond acceptors (Lipinski definition) is 6. The van der Waals surface area contributed by atoms with Gasteiger partial charge in [-0.25, -0.2) is 10.9 Å². The van der Waals surface area contributed by atoms with E-state index in [9.17, 15) is 19.8 Å². The zero-order valence-corrected chi connectivity index (χ0v) is 18.9. The van der Waals surface area contributed by atoms with E-state index in [0.717, 1.165) is 0 Å². The molecule has 8 nitrogen and oxygen atoms in total. The molecule has 0 aliphatic carbocycles. The summed E-state index contributed by atoms with van der Waals surface area (Å²) >= 11 is 0. The molecule has 2 aliphatic rings. The molecule has 2 heterocycles. The maximum atomic E-state index is 10.0. The van der Waals surface area contributed by atoms with Crippen molar-refractivity contribution in [1.29, 1.82) is 0 Å². The van der Waals surface area contributed by atoms with Crippen molar-refractivity contribution in [3.8, 4) is 11.1 Å². The van der Waals surface area contributed by atoms with Gasteiger partial charge in [-0.3, -0.25) is 9.59 Å². The number of carbonyl (C=O) groups is 2. The summed E-state index contributed by atoms with van der Waals surface area (Å²) in [6.07, 6.45) is 3.58. The number of carbonyl (C=O) groups excluding carboxylic acids is 2. The standard InChI is InChI=1S/C16H18.2C3H4N2O2.Mg/c1-2-3-7-14-10-12-16(13-11-14)15-8-5-4-6-9-15;2*6-2-1-3(7)5-4-2;/h4-6,8-13H,2-3,7H2,1H3;2*1H2,(H,4,6)(H,5,7);/q;;;+2/p-2. The molecule has 158 valence electrons. The van der Waals surface area contributed by atoms with Crippen LogP contribution in [0.2, 0.25) is 0 Å². The maximum absolute atomic E-state index is 10.0. The zero-order valence-electron chi connectivity index (χ0n) is 17.5. The van der Waals surface area contributed by atoms with Crippen LogP contribution < -0.4 is 21.1 Å². The monoisotopic (exact) mass is 432 g/mol. The van der Waals surface area contributed by atoms with Gasteiger partial charge >= 0.3 is 23.1 Å². The number of rotatable bonds is 4. The Labute approximate surface area is 197 Å². The molecule has 31 heavy (non-hydrogen) atoms. The van der Waals surface area contributed by atoms with Crippen LogP contribution in [0.25, 0.3) is 11.1 Å². The first kappa shape index (κ1) is 26.1. The Balaban J connectivity index is 0.000000266. The Bertz CT molecular complexity index is 867. The first-order valence-corrected chi connectivity index (χ1v) is 9.67. The second-order valence-electron chi connectivity index (χ2n) is 6.60. The molecule has 2 aromatic rings. The zero-order chi connectivity index (χ0) is 21.8. The summed E-state index contributed by atoms with van der Waals surface area (Å²) in [5, 5.41) is 26.2. The van der Waals surface area contributed by atoms with Gasteiger partial charge in [0.2, 0.25) is 11.8 Å². The summed E-state index contributed by atoms with van der Waals surface area (Å²) in [6, 6.07) is 19.5. The fourth-order valence-electron chi connectivity index (χ4n) is 2.56. The van der Waals surface area contributed by atoms with Crippen LogP contribution in [0.1, 0.15) is 38.2 Å². The quantitative estimate of drug-likeness (QED) is 0.688. The average Bonchev–Trinajstić information content (AvgIpc) is 3.34. The normalized spacial score (nSPS) is 13.8. The summed E-state index contributed by atoms with van der Waals surface area (Å²) in [5.74, 6) is -1.40. The molecule has 0 fully saturated rings. The molecule has 2 aliphatic heterocycles. The Morgan fingerprint density at radius 3 is 1.65 bits per heavy atom. The van der Waals surface area contributed by atoms with Crippen LogP contribution in [0.15, 0.2) is 64.8 Å². The molecule has 0 atom stereocenters. The molecule has 2 N–H and O–H groups in total. The Morgan fingerprint density at radius 2 is 1.29 bits per heavy atom. The van der Waals surface area contributed by atoms with Crippen LogP contribution in [0.4, 0.5) is 0 Å². The van der Waals surface area contributed by atoms with Crippen LogP contribution in [-0.2, 0) is 16.0 Å². The summed E-state index contributed by atoms with van der Waals surface area (Å²) in [7, 11) is 0. The van der Waals surface area contributed by atoms with Gasteiger partial charge in [-0.2, -0.15) is 10.2 Å². The van der Waals surface area contributed by atoms with E-state index in [2.05, 4.69) is 71.7 Å². The third-order valence-corrected chi connectivity index (χ3v) is 4.11. The topological polar surface area (TPSA) is 129 Å². The van der Waals surface area contributed by atoms with E-state index in [1.807, 2.05) is 10.9 Å². The SMILES string of the molecule is CCCCc1ccc(-c2ccccc2)cc1.O=C1CC([O-])=NN1.O=C1CC([O-])=NN1.[Mg+2]. The minimum atomic E-state index is -0.384. The molecule has 0 unspecified atom stereocenters. The first-order valence-electron chi connectivity index (χ1n) is 9.67. The van der Waals surface area contributed by atoms with Crippen molar-refractivity contribution in [3.63, 3.8) is 0 Å². The van der Waals surface area contributed by atoms with Gasteiger partial charge in [-0.1, -0.05) is 67.9 Å². The summed E-state index contributed by atoms with van der Waals surface area (Å²) in [5.41, 5.74) is 8.06. The number of hydrazone groups is 2. The van der Waals surface area contributed by atoms with E-state index >= 15 is 0 Å². The number of aryl methyl sites for hydroxylation is 1. The van der Waals surface area contributed by atoms with Crippen LogP contribution in [0.3, 0.4) is 0 Å². The largest absolute Gasteiger partial charge is 2.00 e. The van der Waals surface area contributed by atoms with Crippen molar-refractivity contribution in [1.82, 2.24) is 10.9 Å². The van der Waals surface area contributed by atoms with Crippen LogP contribution >= 0.6 is 0 Å². The van der Waals surface area contributed by atoms with Gasteiger partial charge in [0, 0.05) is 0 Å². The van der Waals surface area contributed by atoms with E-state index in [4.69, 9.17) is 0 Å². The van der Waals surface area contributed by atoms with Gasteiger partial charge in [-0.05, 0) is 41.3 Å². The number of hydrogen-bond donors (Lipinski definition) is 2.